The van der Waals surface area contributed by atoms with Crippen molar-refractivity contribution in [3.8, 4) is 0 Å². The number of likely N-dealkylation sites (tertiary alicyclic amines) is 1. The Bertz CT molecular complexity index is 355. The van der Waals surface area contributed by atoms with Crippen molar-refractivity contribution in [1.82, 2.24) is 4.90 Å². The second kappa shape index (κ2) is 7.63. The highest BCUT2D eigenvalue weighted by molar-refractivity contribution is 5.19. The Morgan fingerprint density at radius 1 is 1.37 bits per heavy atom. The molecule has 1 fully saturated rings. The first kappa shape index (κ1) is 14.5. The monoisotopic (exact) mass is 262 g/mol. The van der Waals surface area contributed by atoms with E-state index in [4.69, 9.17) is 10.5 Å². The number of ether oxygens (including phenoxy) is 1. The van der Waals surface area contributed by atoms with Crippen LogP contribution >= 0.6 is 0 Å². The summed E-state index contributed by atoms with van der Waals surface area (Å²) >= 11 is 0. The summed E-state index contributed by atoms with van der Waals surface area (Å²) in [5, 5.41) is 0. The average Bonchev–Trinajstić information content (AvgIpc) is 2.93. The van der Waals surface area contributed by atoms with Crippen LogP contribution in [0.5, 0.6) is 0 Å². The zero-order chi connectivity index (χ0) is 13.5. The van der Waals surface area contributed by atoms with E-state index in [0.717, 1.165) is 19.6 Å². The summed E-state index contributed by atoms with van der Waals surface area (Å²) in [6, 6.07) is 11.4. The highest BCUT2D eigenvalue weighted by Gasteiger charge is 2.25. The molecule has 0 saturated carbocycles. The van der Waals surface area contributed by atoms with E-state index in [9.17, 15) is 0 Å². The maximum Gasteiger partial charge on any atom is 0.0709 e. The molecular formula is C16H26N2O. The van der Waals surface area contributed by atoms with Crippen LogP contribution in [0.25, 0.3) is 0 Å². The Balaban J connectivity index is 1.89. The molecule has 1 aromatic rings. The molecule has 106 valence electrons. The summed E-state index contributed by atoms with van der Waals surface area (Å²) < 4.78 is 5.64. The van der Waals surface area contributed by atoms with Gasteiger partial charge in [0.05, 0.1) is 6.10 Å². The molecule has 0 aliphatic carbocycles. The summed E-state index contributed by atoms with van der Waals surface area (Å²) in [5.74, 6) is 0. The summed E-state index contributed by atoms with van der Waals surface area (Å²) in [5.41, 5.74) is 7.19. The third kappa shape index (κ3) is 4.03. The van der Waals surface area contributed by atoms with Crippen molar-refractivity contribution in [3.63, 3.8) is 0 Å². The van der Waals surface area contributed by atoms with Crippen LogP contribution in [-0.2, 0) is 4.74 Å². The van der Waals surface area contributed by atoms with Crippen molar-refractivity contribution < 1.29 is 4.74 Å². The molecule has 0 aromatic heterocycles. The predicted octanol–water partition coefficient (Wildman–Crippen LogP) is 2.58. The van der Waals surface area contributed by atoms with E-state index < -0.39 is 0 Å². The van der Waals surface area contributed by atoms with Gasteiger partial charge >= 0.3 is 0 Å². The van der Waals surface area contributed by atoms with Crippen LogP contribution < -0.4 is 5.73 Å². The fraction of sp³-hybridized carbons (Fsp3) is 0.625. The predicted molar refractivity (Wildman–Crippen MR) is 79.1 cm³/mol. The zero-order valence-electron chi connectivity index (χ0n) is 11.9. The van der Waals surface area contributed by atoms with E-state index in [1.54, 1.807) is 0 Å². The molecule has 0 radical (unpaired) electrons. The van der Waals surface area contributed by atoms with Gasteiger partial charge in [-0.2, -0.15) is 0 Å². The van der Waals surface area contributed by atoms with Gasteiger partial charge in [0.15, 0.2) is 0 Å². The summed E-state index contributed by atoms with van der Waals surface area (Å²) in [6.45, 7) is 5.69. The van der Waals surface area contributed by atoms with Crippen molar-refractivity contribution in [2.24, 2.45) is 5.73 Å². The van der Waals surface area contributed by atoms with E-state index in [-0.39, 0.29) is 6.10 Å². The van der Waals surface area contributed by atoms with Crippen LogP contribution in [0.4, 0.5) is 0 Å². The first-order valence-electron chi connectivity index (χ1n) is 7.45. The van der Waals surface area contributed by atoms with Crippen LogP contribution in [0, 0.1) is 0 Å². The minimum absolute atomic E-state index is 0.210. The van der Waals surface area contributed by atoms with E-state index in [2.05, 4.69) is 35.2 Å². The van der Waals surface area contributed by atoms with Gasteiger partial charge in [-0.1, -0.05) is 30.3 Å². The second-order valence-electron chi connectivity index (χ2n) is 5.21. The topological polar surface area (TPSA) is 38.5 Å². The number of benzene rings is 1. The van der Waals surface area contributed by atoms with Gasteiger partial charge in [0, 0.05) is 25.7 Å². The molecule has 0 bridgehead atoms. The molecule has 1 aliphatic rings. The molecule has 2 N–H and O–H groups in total. The number of hydrogen-bond donors (Lipinski definition) is 1. The minimum Gasteiger partial charge on any atom is -0.377 e. The maximum absolute atomic E-state index is 5.75. The Morgan fingerprint density at radius 3 is 2.84 bits per heavy atom. The molecule has 1 aliphatic heterocycles. The summed E-state index contributed by atoms with van der Waals surface area (Å²) in [4.78, 5) is 2.58. The van der Waals surface area contributed by atoms with Gasteiger partial charge in [-0.05, 0) is 38.3 Å². The van der Waals surface area contributed by atoms with Gasteiger partial charge < -0.3 is 10.5 Å². The summed E-state index contributed by atoms with van der Waals surface area (Å²) in [6.07, 6.45) is 3.81. The van der Waals surface area contributed by atoms with Crippen molar-refractivity contribution in [2.45, 2.75) is 38.3 Å². The first-order chi connectivity index (χ1) is 9.35. The Morgan fingerprint density at radius 2 is 2.16 bits per heavy atom. The van der Waals surface area contributed by atoms with Crippen LogP contribution in [0.2, 0.25) is 0 Å². The molecule has 19 heavy (non-hydrogen) atoms. The van der Waals surface area contributed by atoms with Crippen molar-refractivity contribution in [1.29, 1.82) is 0 Å². The number of hydrogen-bond acceptors (Lipinski definition) is 3. The lowest BCUT2D eigenvalue weighted by atomic mass is 10.0. The van der Waals surface area contributed by atoms with Gasteiger partial charge in [-0.3, -0.25) is 4.90 Å². The largest absolute Gasteiger partial charge is 0.377 e. The van der Waals surface area contributed by atoms with E-state index >= 15 is 0 Å². The molecule has 3 nitrogen and oxygen atoms in total. The number of rotatable bonds is 7. The first-order valence-corrected chi connectivity index (χ1v) is 7.45. The van der Waals surface area contributed by atoms with E-state index in [1.807, 2.05) is 6.92 Å². The third-order valence-electron chi connectivity index (χ3n) is 3.95. The molecule has 2 unspecified atom stereocenters. The SMILES string of the molecule is CCOC(CN)CCN1CCCC1c1ccccc1. The Hall–Kier alpha value is -0.900. The average molecular weight is 262 g/mol. The minimum atomic E-state index is 0.210. The standard InChI is InChI=1S/C16H26N2O/c1-2-19-15(13-17)10-12-18-11-6-9-16(18)14-7-4-3-5-8-14/h3-5,7-8,15-16H,2,6,9-13,17H2,1H3. The van der Waals surface area contributed by atoms with Crippen molar-refractivity contribution in [2.75, 3.05) is 26.2 Å². The molecule has 1 heterocycles. The normalized spacial score (nSPS) is 21.7. The Kier molecular flexibility index (Phi) is 5.83. The highest BCUT2D eigenvalue weighted by atomic mass is 16.5. The van der Waals surface area contributed by atoms with Crippen LogP contribution in [0.1, 0.15) is 37.8 Å². The highest BCUT2D eigenvalue weighted by Crippen LogP contribution is 2.31. The molecule has 1 aromatic carbocycles. The maximum atomic E-state index is 5.75. The summed E-state index contributed by atoms with van der Waals surface area (Å²) in [7, 11) is 0. The third-order valence-corrected chi connectivity index (χ3v) is 3.95. The van der Waals surface area contributed by atoms with Gasteiger partial charge in [0.2, 0.25) is 0 Å². The van der Waals surface area contributed by atoms with E-state index in [0.29, 0.717) is 12.6 Å². The quantitative estimate of drug-likeness (QED) is 0.821. The lowest BCUT2D eigenvalue weighted by Crippen LogP contribution is -2.31. The van der Waals surface area contributed by atoms with Crippen molar-refractivity contribution >= 4 is 0 Å². The van der Waals surface area contributed by atoms with Crippen LogP contribution in [-0.4, -0.2) is 37.2 Å². The fourth-order valence-electron chi connectivity index (χ4n) is 2.96. The molecule has 2 rings (SSSR count). The number of nitrogens with two attached hydrogens (primary N) is 1. The van der Waals surface area contributed by atoms with Crippen molar-refractivity contribution in [3.05, 3.63) is 35.9 Å². The fourth-order valence-corrected chi connectivity index (χ4v) is 2.96. The molecular weight excluding hydrogens is 236 g/mol. The van der Waals surface area contributed by atoms with Crippen LogP contribution in [0.3, 0.4) is 0 Å². The van der Waals surface area contributed by atoms with Gasteiger partial charge in [0.1, 0.15) is 0 Å². The zero-order valence-corrected chi connectivity index (χ0v) is 11.9. The molecule has 2 atom stereocenters. The molecule has 1 saturated heterocycles. The van der Waals surface area contributed by atoms with E-state index in [1.165, 1.54) is 24.9 Å². The lowest BCUT2D eigenvalue weighted by molar-refractivity contribution is 0.0531. The lowest BCUT2D eigenvalue weighted by Gasteiger charge is -2.26. The number of nitrogens with zero attached hydrogens (tertiary/aromatic N) is 1. The smallest absolute Gasteiger partial charge is 0.0709 e. The van der Waals surface area contributed by atoms with Crippen LogP contribution in [0.15, 0.2) is 30.3 Å². The van der Waals surface area contributed by atoms with Gasteiger partial charge in [0.25, 0.3) is 0 Å². The van der Waals surface area contributed by atoms with Gasteiger partial charge in [-0.15, -0.1) is 0 Å². The molecule has 3 heteroatoms. The molecule has 0 amide bonds. The molecule has 0 spiro atoms. The second-order valence-corrected chi connectivity index (χ2v) is 5.21. The Labute approximate surface area is 116 Å². The van der Waals surface area contributed by atoms with Gasteiger partial charge in [-0.25, -0.2) is 0 Å².